The summed E-state index contributed by atoms with van der Waals surface area (Å²) in [6.07, 6.45) is 1.81. The van der Waals surface area contributed by atoms with Crippen LogP contribution < -0.4 is 0 Å². The van der Waals surface area contributed by atoms with Gasteiger partial charge in [0.15, 0.2) is 0 Å². The van der Waals surface area contributed by atoms with E-state index in [4.69, 9.17) is 0 Å². The van der Waals surface area contributed by atoms with Gasteiger partial charge in [0.05, 0.1) is 4.88 Å². The van der Waals surface area contributed by atoms with E-state index in [-0.39, 0.29) is 0 Å². The highest BCUT2D eigenvalue weighted by molar-refractivity contribution is 7.13. The molecule has 0 aliphatic carbocycles. The summed E-state index contributed by atoms with van der Waals surface area (Å²) in [6, 6.07) is 5.84. The lowest BCUT2D eigenvalue weighted by atomic mass is 10.4. The van der Waals surface area contributed by atoms with Crippen LogP contribution in [0, 0.1) is 5.38 Å². The summed E-state index contributed by atoms with van der Waals surface area (Å²) in [6.45, 7) is 0. The Morgan fingerprint density at radius 3 is 3.10 bits per heavy atom. The van der Waals surface area contributed by atoms with Crippen LogP contribution in [0.5, 0.6) is 0 Å². The maximum atomic E-state index is 4.02. The van der Waals surface area contributed by atoms with E-state index < -0.39 is 0 Å². The maximum absolute atomic E-state index is 4.02. The van der Waals surface area contributed by atoms with Crippen molar-refractivity contribution < 1.29 is 0 Å². The molecule has 10 heavy (non-hydrogen) atoms. The molecule has 0 aliphatic heterocycles. The lowest BCUT2D eigenvalue weighted by Gasteiger charge is -1.83. The Kier molecular flexibility index (Phi) is 1.29. The molecular formula is C7H5N2S. The molecular weight excluding hydrogens is 144 g/mol. The first kappa shape index (κ1) is 5.68. The van der Waals surface area contributed by atoms with Crippen molar-refractivity contribution in [3.63, 3.8) is 0 Å². The minimum atomic E-state index is 0.992. The molecule has 0 bridgehead atoms. The van der Waals surface area contributed by atoms with E-state index >= 15 is 0 Å². The van der Waals surface area contributed by atoms with Crippen molar-refractivity contribution in [1.82, 2.24) is 10.2 Å². The molecule has 0 aromatic carbocycles. The van der Waals surface area contributed by atoms with E-state index in [1.165, 1.54) is 0 Å². The summed E-state index contributed by atoms with van der Waals surface area (Å²) >= 11 is 1.57. The van der Waals surface area contributed by atoms with Gasteiger partial charge in [-0.3, -0.25) is 5.10 Å². The Morgan fingerprint density at radius 1 is 1.50 bits per heavy atom. The van der Waals surface area contributed by atoms with Crippen molar-refractivity contribution in [2.24, 2.45) is 0 Å². The van der Waals surface area contributed by atoms with Crippen molar-refractivity contribution in [2.75, 3.05) is 0 Å². The van der Waals surface area contributed by atoms with Gasteiger partial charge in [-0.05, 0) is 18.2 Å². The zero-order valence-electron chi connectivity index (χ0n) is 5.16. The third-order valence-corrected chi connectivity index (χ3v) is 2.04. The summed E-state index contributed by atoms with van der Waals surface area (Å²) in [5.41, 5.74) is 0.992. The van der Waals surface area contributed by atoms with Gasteiger partial charge in [-0.25, -0.2) is 0 Å². The van der Waals surface area contributed by atoms with Crippen molar-refractivity contribution >= 4 is 11.3 Å². The summed E-state index contributed by atoms with van der Waals surface area (Å²) in [5, 5.41) is 9.79. The van der Waals surface area contributed by atoms with Crippen molar-refractivity contribution in [3.05, 3.63) is 29.8 Å². The third-order valence-electron chi connectivity index (χ3n) is 1.22. The highest BCUT2D eigenvalue weighted by atomic mass is 32.1. The molecule has 0 aliphatic rings. The molecule has 2 heterocycles. The van der Waals surface area contributed by atoms with Crippen LogP contribution >= 0.6 is 11.3 Å². The van der Waals surface area contributed by atoms with Crippen LogP contribution in [-0.4, -0.2) is 10.2 Å². The van der Waals surface area contributed by atoms with E-state index in [0.717, 1.165) is 10.6 Å². The Morgan fingerprint density at radius 2 is 2.50 bits per heavy atom. The number of hydrogen-bond donors (Lipinski definition) is 1. The molecule has 0 atom stereocenters. The highest BCUT2D eigenvalue weighted by Crippen LogP contribution is 2.20. The van der Waals surface area contributed by atoms with Gasteiger partial charge in [-0.2, -0.15) is 5.10 Å². The molecule has 2 aromatic rings. The molecule has 2 rings (SSSR count). The number of nitrogens with zero attached hydrogens (tertiary/aromatic N) is 1. The Labute approximate surface area is 62.5 Å². The standard InChI is InChI=1S/C7H5N2S/c1-2-7(10-5-1)6-3-4-8-9-6/h1-4H,(H,8,9). The van der Waals surface area contributed by atoms with Crippen molar-refractivity contribution in [3.8, 4) is 10.6 Å². The van der Waals surface area contributed by atoms with Gasteiger partial charge in [0.1, 0.15) is 5.69 Å². The molecule has 0 unspecified atom stereocenters. The van der Waals surface area contributed by atoms with Crippen LogP contribution in [0.3, 0.4) is 0 Å². The van der Waals surface area contributed by atoms with Gasteiger partial charge in [-0.15, -0.1) is 11.3 Å². The van der Waals surface area contributed by atoms with Gasteiger partial charge in [-0.1, -0.05) is 0 Å². The van der Waals surface area contributed by atoms with E-state index in [9.17, 15) is 0 Å². The summed E-state index contributed by atoms with van der Waals surface area (Å²) in [5.74, 6) is 0. The molecule has 2 aromatic heterocycles. The normalized spacial score (nSPS) is 10.0. The second-order valence-electron chi connectivity index (χ2n) is 1.88. The number of aromatic nitrogens is 2. The molecule has 0 amide bonds. The van der Waals surface area contributed by atoms with Crippen molar-refractivity contribution in [2.45, 2.75) is 0 Å². The van der Waals surface area contributed by atoms with Crippen molar-refractivity contribution in [1.29, 1.82) is 0 Å². The Balaban J connectivity index is 2.48. The van der Waals surface area contributed by atoms with E-state index in [2.05, 4.69) is 15.6 Å². The first-order valence-corrected chi connectivity index (χ1v) is 3.74. The lowest BCUT2D eigenvalue weighted by molar-refractivity contribution is 1.10. The van der Waals surface area contributed by atoms with Gasteiger partial charge in [0.2, 0.25) is 0 Å². The number of H-pyrrole nitrogens is 1. The van der Waals surface area contributed by atoms with Crippen LogP contribution in [0.2, 0.25) is 0 Å². The lowest BCUT2D eigenvalue weighted by Crippen LogP contribution is -1.69. The van der Waals surface area contributed by atoms with E-state index in [1.807, 2.05) is 24.4 Å². The zero-order valence-corrected chi connectivity index (χ0v) is 5.98. The molecule has 1 radical (unpaired) electrons. The van der Waals surface area contributed by atoms with Crippen LogP contribution in [0.15, 0.2) is 24.4 Å². The number of thiophene rings is 1. The fourth-order valence-corrected chi connectivity index (χ4v) is 1.39. The number of hydrogen-bond acceptors (Lipinski definition) is 2. The third kappa shape index (κ3) is 0.844. The smallest absolute Gasteiger partial charge is 0.102 e. The van der Waals surface area contributed by atoms with E-state index in [1.54, 1.807) is 11.3 Å². The summed E-state index contributed by atoms with van der Waals surface area (Å²) < 4.78 is 0. The van der Waals surface area contributed by atoms with Crippen LogP contribution in [0.1, 0.15) is 0 Å². The molecule has 1 N–H and O–H groups in total. The number of nitrogens with one attached hydrogen (secondary N) is 1. The molecule has 0 fully saturated rings. The SMILES string of the molecule is [c]1ccc(-c2cc[nH]n2)s1. The number of aromatic amines is 1. The monoisotopic (exact) mass is 149 g/mol. The van der Waals surface area contributed by atoms with Crippen LogP contribution in [0.25, 0.3) is 10.6 Å². The first-order valence-electron chi connectivity index (χ1n) is 2.93. The highest BCUT2D eigenvalue weighted by Gasteiger charge is 1.97. The number of rotatable bonds is 1. The molecule has 0 spiro atoms. The van der Waals surface area contributed by atoms with Crippen LogP contribution in [0.4, 0.5) is 0 Å². The summed E-state index contributed by atoms with van der Waals surface area (Å²) in [7, 11) is 0. The fraction of sp³-hybridized carbons (Fsp3) is 0. The topological polar surface area (TPSA) is 28.7 Å². The average Bonchev–Trinajstić information content (AvgIpc) is 2.59. The first-order chi connectivity index (χ1) is 4.97. The Bertz CT molecular complexity index is 251. The van der Waals surface area contributed by atoms with Gasteiger partial charge in [0, 0.05) is 11.6 Å². The summed E-state index contributed by atoms with van der Waals surface area (Å²) in [4.78, 5) is 1.15. The van der Waals surface area contributed by atoms with E-state index in [0.29, 0.717) is 0 Å². The largest absolute Gasteiger partial charge is 0.285 e. The minimum Gasteiger partial charge on any atom is -0.285 e. The molecule has 0 saturated carbocycles. The molecule has 49 valence electrons. The zero-order chi connectivity index (χ0) is 6.81. The fourth-order valence-electron chi connectivity index (χ4n) is 0.776. The van der Waals surface area contributed by atoms with Crippen LogP contribution in [-0.2, 0) is 0 Å². The van der Waals surface area contributed by atoms with Gasteiger partial charge >= 0.3 is 0 Å². The average molecular weight is 149 g/mol. The molecule has 0 saturated heterocycles. The maximum Gasteiger partial charge on any atom is 0.102 e. The predicted molar refractivity (Wildman–Crippen MR) is 40.7 cm³/mol. The predicted octanol–water partition coefficient (Wildman–Crippen LogP) is 1.94. The second-order valence-corrected chi connectivity index (χ2v) is 2.76. The minimum absolute atomic E-state index is 0.992. The molecule has 3 heteroatoms. The second kappa shape index (κ2) is 2.27. The Hall–Kier alpha value is -1.09. The quantitative estimate of drug-likeness (QED) is 0.659. The van der Waals surface area contributed by atoms with Gasteiger partial charge in [0.25, 0.3) is 0 Å². The molecule has 2 nitrogen and oxygen atoms in total. The van der Waals surface area contributed by atoms with Gasteiger partial charge < -0.3 is 0 Å².